The zero-order valence-corrected chi connectivity index (χ0v) is 33.9. The lowest BCUT2D eigenvalue weighted by Gasteiger charge is -2.72. The molecule has 5 aliphatic rings. The Balaban J connectivity index is 1.26. The number of hydrogen-bond acceptors (Lipinski definition) is 6. The molecule has 0 radical (unpaired) electrons. The molecule has 5 aliphatic carbocycles. The van der Waals surface area contributed by atoms with E-state index in [0.29, 0.717) is 36.4 Å². The highest BCUT2D eigenvalue weighted by Crippen LogP contribution is 2.77. The Morgan fingerprint density at radius 1 is 0.942 bits per heavy atom. The van der Waals surface area contributed by atoms with Crippen molar-refractivity contribution < 1.29 is 29.3 Å². The highest BCUT2D eigenvalue weighted by Gasteiger charge is 2.70. The summed E-state index contributed by atoms with van der Waals surface area (Å²) in [5.41, 5.74) is 1.55. The Hall–Kier alpha value is -2.22. The van der Waals surface area contributed by atoms with Gasteiger partial charge in [0.2, 0.25) is 0 Å². The third kappa shape index (κ3) is 6.11. The molecule has 7 nitrogen and oxygen atoms in total. The zero-order valence-electron chi connectivity index (χ0n) is 33.2. The number of carbonyl (C=O) groups is 3. The largest absolute Gasteiger partial charge is 0.481 e. The summed E-state index contributed by atoms with van der Waals surface area (Å²) in [5, 5.41) is 26.0. The number of fused-ring (bicyclic) bond motifs is 7. The quantitative estimate of drug-likeness (QED) is 0.205. The van der Waals surface area contributed by atoms with Crippen LogP contribution in [-0.2, 0) is 25.7 Å². The van der Waals surface area contributed by atoms with E-state index in [9.17, 15) is 24.6 Å². The molecule has 0 bridgehead atoms. The third-order valence-electron chi connectivity index (χ3n) is 16.1. The van der Waals surface area contributed by atoms with Gasteiger partial charge in [0.05, 0.1) is 17.9 Å². The fourth-order valence-corrected chi connectivity index (χ4v) is 13.2. The predicted molar refractivity (Wildman–Crippen MR) is 205 cm³/mol. The molecule has 288 valence electrons. The van der Waals surface area contributed by atoms with Gasteiger partial charge in [0.1, 0.15) is 6.10 Å². The van der Waals surface area contributed by atoms with Crippen molar-refractivity contribution in [2.75, 3.05) is 6.54 Å². The zero-order chi connectivity index (χ0) is 38.2. The Morgan fingerprint density at radius 2 is 1.62 bits per heavy atom. The third-order valence-corrected chi connectivity index (χ3v) is 16.3. The Bertz CT molecular complexity index is 1610. The highest BCUT2D eigenvalue weighted by atomic mass is 35.5. The molecule has 1 aromatic carbocycles. The van der Waals surface area contributed by atoms with Crippen LogP contribution >= 0.6 is 11.6 Å². The van der Waals surface area contributed by atoms with Crippen molar-refractivity contribution in [3.8, 4) is 0 Å². The number of benzene rings is 1. The standard InChI is InChI=1S/C44H64ClNO6/c1-26(2)36-30(47)22-44(33(48)25-46-24-27-10-12-28(45)13-11-27)21-20-42(8)29(37(36)44)14-15-32-41(7)18-17-34(52-35(49)23-39(3,4)38(50)51)40(5,6)31(41)16-19-43(32,42)9/h10-13,26,29,31-34,46,48H,14-25H2,1-9H3,(H,50,51)/t29-,31?,32-,33?,34+,41+,42-,43-,44?/m1/s1. The number of ketones is 1. The number of aliphatic carboxylic acids is 1. The molecule has 0 saturated heterocycles. The molecule has 9 atom stereocenters. The molecule has 8 heteroatoms. The van der Waals surface area contributed by atoms with Crippen LogP contribution in [0.3, 0.4) is 0 Å². The molecular weight excluding hydrogens is 674 g/mol. The van der Waals surface area contributed by atoms with Crippen LogP contribution in [0.5, 0.6) is 0 Å². The lowest BCUT2D eigenvalue weighted by molar-refractivity contribution is -0.235. The van der Waals surface area contributed by atoms with Gasteiger partial charge in [0, 0.05) is 35.4 Å². The van der Waals surface area contributed by atoms with Gasteiger partial charge in [-0.25, -0.2) is 0 Å². The van der Waals surface area contributed by atoms with Crippen molar-refractivity contribution >= 4 is 29.3 Å². The van der Waals surface area contributed by atoms with Crippen LogP contribution in [-0.4, -0.2) is 46.7 Å². The average Bonchev–Trinajstić information content (AvgIpc) is 3.36. The summed E-state index contributed by atoms with van der Waals surface area (Å²) in [5.74, 6) is 0.0352. The topological polar surface area (TPSA) is 113 Å². The van der Waals surface area contributed by atoms with Crippen LogP contribution in [0.4, 0.5) is 0 Å². The number of rotatable bonds is 10. The van der Waals surface area contributed by atoms with Gasteiger partial charge in [-0.3, -0.25) is 14.4 Å². The van der Waals surface area contributed by atoms with E-state index in [1.165, 1.54) is 5.57 Å². The van der Waals surface area contributed by atoms with Crippen molar-refractivity contribution in [2.45, 2.75) is 145 Å². The molecule has 3 unspecified atom stereocenters. The molecule has 3 N–H and O–H groups in total. The normalized spacial score (nSPS) is 37.5. The lowest BCUT2D eigenvalue weighted by atomic mass is 9.33. The second-order valence-corrected chi connectivity index (χ2v) is 20.3. The minimum atomic E-state index is -1.17. The van der Waals surface area contributed by atoms with Crippen molar-refractivity contribution in [2.24, 2.45) is 56.2 Å². The van der Waals surface area contributed by atoms with Gasteiger partial charge in [-0.05, 0) is 128 Å². The fourth-order valence-electron chi connectivity index (χ4n) is 13.1. The van der Waals surface area contributed by atoms with Crippen LogP contribution in [0.1, 0.15) is 132 Å². The maximum Gasteiger partial charge on any atom is 0.309 e. The number of halogens is 1. The van der Waals surface area contributed by atoms with Gasteiger partial charge < -0.3 is 20.3 Å². The van der Waals surface area contributed by atoms with E-state index in [1.807, 2.05) is 24.3 Å². The first kappa shape index (κ1) is 39.5. The van der Waals surface area contributed by atoms with Gasteiger partial charge >= 0.3 is 11.9 Å². The molecule has 0 heterocycles. The summed E-state index contributed by atoms with van der Waals surface area (Å²) >= 11 is 6.10. The van der Waals surface area contributed by atoms with Crippen LogP contribution in [0.2, 0.25) is 5.02 Å². The number of ether oxygens (including phenoxy) is 1. The number of carboxylic acids is 1. The number of aliphatic hydroxyl groups is 1. The van der Waals surface area contributed by atoms with Crippen molar-refractivity contribution in [3.05, 3.63) is 46.0 Å². The molecule has 0 amide bonds. The summed E-state index contributed by atoms with van der Waals surface area (Å²) in [6, 6.07) is 7.79. The van der Waals surface area contributed by atoms with Crippen molar-refractivity contribution in [1.82, 2.24) is 5.32 Å². The summed E-state index contributed by atoms with van der Waals surface area (Å²) in [4.78, 5) is 38.8. The lowest BCUT2D eigenvalue weighted by Crippen LogP contribution is -2.66. The molecule has 0 spiro atoms. The minimum absolute atomic E-state index is 0.0141. The predicted octanol–water partition coefficient (Wildman–Crippen LogP) is 9.18. The molecule has 4 fully saturated rings. The van der Waals surface area contributed by atoms with Crippen LogP contribution in [0, 0.1) is 56.2 Å². The Morgan fingerprint density at radius 3 is 2.25 bits per heavy atom. The number of Topliss-reactive ketones (excluding diaryl/α,β-unsaturated/α-hetero) is 1. The van der Waals surface area contributed by atoms with E-state index in [-0.39, 0.29) is 51.8 Å². The summed E-state index contributed by atoms with van der Waals surface area (Å²) < 4.78 is 6.16. The SMILES string of the molecule is CC(C)C1=C2[C@H]3CC[C@@H]4[C@@]5(C)CC[C@H](OC(=O)CC(C)(C)C(=O)O)C(C)(C)C5CC[C@@]4(C)[C@]3(C)CCC2(C(O)CNCc2ccc(Cl)cc2)CC1=O. The number of aliphatic hydroxyl groups excluding tert-OH is 1. The molecular formula is C44H64ClNO6. The number of carboxylic acid groups (broad SMARTS) is 1. The number of hydrogen-bond donors (Lipinski definition) is 3. The number of allylic oxidation sites excluding steroid dienone is 1. The molecule has 6 rings (SSSR count). The Kier molecular flexibility index (Phi) is 10.3. The maximum absolute atomic E-state index is 14.0. The van der Waals surface area contributed by atoms with Crippen molar-refractivity contribution in [1.29, 1.82) is 0 Å². The average molecular weight is 738 g/mol. The van der Waals surface area contributed by atoms with E-state index < -0.39 is 28.9 Å². The first-order valence-corrected chi connectivity index (χ1v) is 20.4. The Labute approximate surface area is 317 Å². The van der Waals surface area contributed by atoms with Crippen molar-refractivity contribution in [3.63, 3.8) is 0 Å². The summed E-state index contributed by atoms with van der Waals surface area (Å²) in [7, 11) is 0. The highest BCUT2D eigenvalue weighted by molar-refractivity contribution is 6.30. The smallest absolute Gasteiger partial charge is 0.309 e. The first-order valence-electron chi connectivity index (χ1n) is 20.0. The first-order chi connectivity index (χ1) is 24.1. The van der Waals surface area contributed by atoms with Gasteiger partial charge in [-0.2, -0.15) is 0 Å². The van der Waals surface area contributed by atoms with E-state index in [4.69, 9.17) is 16.3 Å². The summed E-state index contributed by atoms with van der Waals surface area (Å²) in [6.45, 7) is 20.7. The maximum atomic E-state index is 14.0. The molecule has 4 saturated carbocycles. The molecule has 0 aromatic heterocycles. The van der Waals surface area contributed by atoms with E-state index in [0.717, 1.165) is 62.5 Å². The fraction of sp³-hybridized carbons (Fsp3) is 0.750. The van der Waals surface area contributed by atoms with E-state index in [1.54, 1.807) is 13.8 Å². The van der Waals surface area contributed by atoms with Gasteiger partial charge in [0.25, 0.3) is 0 Å². The molecule has 1 aromatic rings. The van der Waals surface area contributed by atoms with E-state index >= 15 is 0 Å². The van der Waals surface area contributed by atoms with Gasteiger partial charge in [0.15, 0.2) is 5.78 Å². The minimum Gasteiger partial charge on any atom is -0.481 e. The molecule has 52 heavy (non-hydrogen) atoms. The number of carbonyl (C=O) groups excluding carboxylic acids is 2. The van der Waals surface area contributed by atoms with Gasteiger partial charge in [-0.15, -0.1) is 0 Å². The monoisotopic (exact) mass is 737 g/mol. The summed E-state index contributed by atoms with van der Waals surface area (Å²) in [6.07, 6.45) is 7.17. The van der Waals surface area contributed by atoms with E-state index in [2.05, 4.69) is 53.8 Å². The van der Waals surface area contributed by atoms with Crippen LogP contribution in [0.15, 0.2) is 35.4 Å². The van der Waals surface area contributed by atoms with Crippen LogP contribution in [0.25, 0.3) is 0 Å². The number of nitrogens with one attached hydrogen (secondary N) is 1. The van der Waals surface area contributed by atoms with Crippen LogP contribution < -0.4 is 5.32 Å². The number of esters is 1. The molecule has 0 aliphatic heterocycles. The second-order valence-electron chi connectivity index (χ2n) is 19.8. The second kappa shape index (κ2) is 13.5. The van der Waals surface area contributed by atoms with Gasteiger partial charge in [-0.1, -0.05) is 77.8 Å².